The third-order valence-electron chi connectivity index (χ3n) is 4.66. The topological polar surface area (TPSA) is 49.8 Å². The van der Waals surface area contributed by atoms with Crippen molar-refractivity contribution in [1.82, 2.24) is 4.90 Å². The van der Waals surface area contributed by atoms with Gasteiger partial charge in [0.25, 0.3) is 5.91 Å². The molecular formula is C22H28BrNO3. The van der Waals surface area contributed by atoms with Gasteiger partial charge in [-0.05, 0) is 59.0 Å². The minimum Gasteiger partial charge on any atom is -0.492 e. The fraction of sp³-hybridized carbons (Fsp3) is 0.409. The number of ether oxygens (including phenoxy) is 1. The molecule has 0 aliphatic rings. The van der Waals surface area contributed by atoms with Gasteiger partial charge in [-0.1, -0.05) is 44.2 Å². The fourth-order valence-corrected chi connectivity index (χ4v) is 3.18. The van der Waals surface area contributed by atoms with Crippen LogP contribution in [0.2, 0.25) is 0 Å². The quantitative estimate of drug-likeness (QED) is 0.631. The maximum Gasteiger partial charge on any atom is 0.253 e. The van der Waals surface area contributed by atoms with Crippen molar-refractivity contribution in [1.29, 1.82) is 0 Å². The number of benzene rings is 2. The van der Waals surface area contributed by atoms with Gasteiger partial charge < -0.3 is 14.7 Å². The van der Waals surface area contributed by atoms with E-state index in [1.54, 1.807) is 24.1 Å². The number of hydrogen-bond donors (Lipinski definition) is 1. The Morgan fingerprint density at radius 2 is 1.81 bits per heavy atom. The number of nitrogens with zero attached hydrogens (tertiary/aromatic N) is 1. The number of rotatable bonds is 8. The van der Waals surface area contributed by atoms with Crippen LogP contribution in [0.4, 0.5) is 0 Å². The van der Waals surface area contributed by atoms with Crippen LogP contribution in [0.1, 0.15) is 49.2 Å². The van der Waals surface area contributed by atoms with Gasteiger partial charge in [0.05, 0.1) is 23.2 Å². The predicted octanol–water partition coefficient (Wildman–Crippen LogP) is 5.07. The van der Waals surface area contributed by atoms with Crippen LogP contribution in [0.5, 0.6) is 5.75 Å². The molecule has 2 aromatic rings. The van der Waals surface area contributed by atoms with Crippen molar-refractivity contribution >= 4 is 21.8 Å². The SMILES string of the molecule is CC(C)CCOc1ccc(C(=O)N(C)C(C)C(O)c2ccccc2)cc1Br. The Balaban J connectivity index is 2.06. The highest BCUT2D eigenvalue weighted by Crippen LogP contribution is 2.28. The number of likely N-dealkylation sites (N-methyl/N-ethyl adjacent to an activating group) is 1. The minimum absolute atomic E-state index is 0.146. The molecule has 1 N–H and O–H groups in total. The van der Waals surface area contributed by atoms with Crippen LogP contribution in [0, 0.1) is 5.92 Å². The van der Waals surface area contributed by atoms with Gasteiger partial charge in [-0.3, -0.25) is 4.79 Å². The van der Waals surface area contributed by atoms with Crippen molar-refractivity contribution in [2.24, 2.45) is 5.92 Å². The van der Waals surface area contributed by atoms with E-state index in [0.29, 0.717) is 18.1 Å². The summed E-state index contributed by atoms with van der Waals surface area (Å²) in [4.78, 5) is 14.4. The smallest absolute Gasteiger partial charge is 0.253 e. The highest BCUT2D eigenvalue weighted by Gasteiger charge is 2.25. The fourth-order valence-electron chi connectivity index (χ4n) is 2.68. The largest absolute Gasteiger partial charge is 0.492 e. The molecule has 0 aliphatic heterocycles. The van der Waals surface area contributed by atoms with Gasteiger partial charge in [0.1, 0.15) is 5.75 Å². The molecule has 2 atom stereocenters. The molecule has 2 rings (SSSR count). The van der Waals surface area contributed by atoms with E-state index in [9.17, 15) is 9.90 Å². The Bertz CT molecular complexity index is 748. The van der Waals surface area contributed by atoms with Gasteiger partial charge in [-0.25, -0.2) is 0 Å². The van der Waals surface area contributed by atoms with E-state index in [4.69, 9.17) is 4.74 Å². The molecule has 146 valence electrons. The van der Waals surface area contributed by atoms with Crippen molar-refractivity contribution in [3.05, 3.63) is 64.1 Å². The second kappa shape index (κ2) is 9.90. The molecule has 0 bridgehead atoms. The number of hydrogen-bond acceptors (Lipinski definition) is 3. The molecule has 4 nitrogen and oxygen atoms in total. The normalized spacial score (nSPS) is 13.3. The molecule has 2 aromatic carbocycles. The average Bonchev–Trinajstić information content (AvgIpc) is 2.67. The van der Waals surface area contributed by atoms with E-state index in [1.165, 1.54) is 0 Å². The Labute approximate surface area is 170 Å². The third kappa shape index (κ3) is 5.81. The minimum atomic E-state index is -0.748. The summed E-state index contributed by atoms with van der Waals surface area (Å²) in [5.74, 6) is 1.16. The second-order valence-corrected chi connectivity index (χ2v) is 8.04. The first-order valence-electron chi connectivity index (χ1n) is 9.23. The third-order valence-corrected chi connectivity index (χ3v) is 5.28. The molecule has 27 heavy (non-hydrogen) atoms. The van der Waals surface area contributed by atoms with Crippen molar-refractivity contribution < 1.29 is 14.6 Å². The molecule has 0 fully saturated rings. The monoisotopic (exact) mass is 433 g/mol. The molecule has 2 unspecified atom stereocenters. The molecule has 0 saturated heterocycles. The lowest BCUT2D eigenvalue weighted by Crippen LogP contribution is -2.39. The standard InChI is InChI=1S/C22H28BrNO3/c1-15(2)12-13-27-20-11-10-18(14-19(20)23)22(26)24(4)16(3)21(25)17-8-6-5-7-9-17/h5-11,14-16,21,25H,12-13H2,1-4H3. The molecule has 0 aliphatic carbocycles. The van der Waals surface area contributed by atoms with Crippen LogP contribution in [0.15, 0.2) is 53.0 Å². The lowest BCUT2D eigenvalue weighted by Gasteiger charge is -2.29. The van der Waals surface area contributed by atoms with E-state index >= 15 is 0 Å². The molecular weight excluding hydrogens is 406 g/mol. The van der Waals surface area contributed by atoms with E-state index < -0.39 is 6.10 Å². The molecule has 0 aromatic heterocycles. The van der Waals surface area contributed by atoms with Gasteiger partial charge in [0, 0.05) is 12.6 Å². The van der Waals surface area contributed by atoms with Crippen molar-refractivity contribution in [2.75, 3.05) is 13.7 Å². The van der Waals surface area contributed by atoms with Gasteiger partial charge in [-0.2, -0.15) is 0 Å². The maximum absolute atomic E-state index is 12.8. The molecule has 0 radical (unpaired) electrons. The van der Waals surface area contributed by atoms with Gasteiger partial charge >= 0.3 is 0 Å². The summed E-state index contributed by atoms with van der Waals surface area (Å²) in [6, 6.07) is 14.4. The molecule has 0 heterocycles. The first-order chi connectivity index (χ1) is 12.8. The van der Waals surface area contributed by atoms with Gasteiger partial charge in [0.2, 0.25) is 0 Å². The number of halogens is 1. The Kier molecular flexibility index (Phi) is 7.87. The Hall–Kier alpha value is -1.85. The van der Waals surface area contributed by atoms with Crippen LogP contribution in [0.25, 0.3) is 0 Å². The Morgan fingerprint density at radius 1 is 1.15 bits per heavy atom. The highest BCUT2D eigenvalue weighted by atomic mass is 79.9. The second-order valence-electron chi connectivity index (χ2n) is 7.19. The van der Waals surface area contributed by atoms with Crippen LogP contribution in [-0.2, 0) is 0 Å². The van der Waals surface area contributed by atoms with E-state index in [0.717, 1.165) is 22.2 Å². The van der Waals surface area contributed by atoms with Crippen LogP contribution in [0.3, 0.4) is 0 Å². The summed E-state index contributed by atoms with van der Waals surface area (Å²) in [5.41, 5.74) is 1.34. The van der Waals surface area contributed by atoms with Crippen molar-refractivity contribution in [2.45, 2.75) is 39.3 Å². The van der Waals surface area contributed by atoms with Gasteiger partial charge in [0.15, 0.2) is 0 Å². The molecule has 0 saturated carbocycles. The first kappa shape index (κ1) is 21.5. The lowest BCUT2D eigenvalue weighted by atomic mass is 10.0. The summed E-state index contributed by atoms with van der Waals surface area (Å²) in [7, 11) is 1.71. The van der Waals surface area contributed by atoms with Crippen LogP contribution < -0.4 is 4.74 Å². The zero-order chi connectivity index (χ0) is 20.0. The number of carbonyl (C=O) groups excluding carboxylic acids is 1. The summed E-state index contributed by atoms with van der Waals surface area (Å²) in [6.45, 7) is 6.79. The van der Waals surface area contributed by atoms with Gasteiger partial charge in [-0.15, -0.1) is 0 Å². The van der Waals surface area contributed by atoms with E-state index in [1.807, 2.05) is 43.3 Å². The zero-order valence-corrected chi connectivity index (χ0v) is 17.9. The van der Waals surface area contributed by atoms with Crippen LogP contribution in [-0.4, -0.2) is 35.6 Å². The summed E-state index contributed by atoms with van der Waals surface area (Å²) < 4.78 is 6.53. The molecule has 0 spiro atoms. The van der Waals surface area contributed by atoms with Crippen molar-refractivity contribution in [3.8, 4) is 5.75 Å². The number of aliphatic hydroxyl groups is 1. The lowest BCUT2D eigenvalue weighted by molar-refractivity contribution is 0.0487. The first-order valence-corrected chi connectivity index (χ1v) is 10.0. The number of carbonyl (C=O) groups is 1. The Morgan fingerprint density at radius 3 is 2.41 bits per heavy atom. The van der Waals surface area contributed by atoms with Crippen LogP contribution >= 0.6 is 15.9 Å². The number of aliphatic hydroxyl groups excluding tert-OH is 1. The average molecular weight is 434 g/mol. The maximum atomic E-state index is 12.8. The van der Waals surface area contributed by atoms with E-state index in [2.05, 4.69) is 29.8 Å². The van der Waals surface area contributed by atoms with Crippen molar-refractivity contribution in [3.63, 3.8) is 0 Å². The summed E-state index contributed by atoms with van der Waals surface area (Å²) >= 11 is 3.49. The molecule has 5 heteroatoms. The highest BCUT2D eigenvalue weighted by molar-refractivity contribution is 9.10. The predicted molar refractivity (Wildman–Crippen MR) is 112 cm³/mol. The molecule has 1 amide bonds. The van der Waals surface area contributed by atoms with E-state index in [-0.39, 0.29) is 11.9 Å². The zero-order valence-electron chi connectivity index (χ0n) is 16.4. The number of amides is 1. The summed E-state index contributed by atoms with van der Waals surface area (Å²) in [6.07, 6.45) is 0.229. The summed E-state index contributed by atoms with van der Waals surface area (Å²) in [5, 5.41) is 10.6.